The lowest BCUT2D eigenvalue weighted by Crippen LogP contribution is -2.10. The predicted octanol–water partition coefficient (Wildman–Crippen LogP) is 20.4. The van der Waals surface area contributed by atoms with Gasteiger partial charge in [0.2, 0.25) is 0 Å². The van der Waals surface area contributed by atoms with E-state index in [4.69, 9.17) is 8.83 Å². The van der Waals surface area contributed by atoms with E-state index in [9.17, 15) is 0 Å². The second kappa shape index (κ2) is 15.5. The minimum atomic E-state index is 0.862. The van der Waals surface area contributed by atoms with Gasteiger partial charge in [-0.3, -0.25) is 0 Å². The molecule has 6 aromatic heterocycles. The Morgan fingerprint density at radius 3 is 1.26 bits per heavy atom. The molecule has 0 amide bonds. The summed E-state index contributed by atoms with van der Waals surface area (Å²) >= 11 is 0. The number of para-hydroxylation sites is 6. The normalized spacial score (nSPS) is 12.4. The molecule has 0 aliphatic heterocycles. The van der Waals surface area contributed by atoms with Crippen molar-refractivity contribution in [1.82, 2.24) is 8.80 Å². The second-order valence-corrected chi connectivity index (χ2v) is 20.7. The highest BCUT2D eigenvalue weighted by atomic mass is 16.3. The SMILES string of the molecule is c1ccc(-c2c3c4cccc5c6ccc(N(c7ccccc7)c7cccc8oc9ccccc9c78)cc6n(c3cc3c6cccc7c8ccc(N(c9ccccc9)c9cccc%10oc%11ccccc%11c9%10)cc8n(c23)c76)c54)cc1. The molecule has 0 bridgehead atoms. The quantitative estimate of drug-likeness (QED) is 0.160. The van der Waals surface area contributed by atoms with Crippen molar-refractivity contribution in [3.63, 3.8) is 0 Å². The Bertz CT molecular complexity index is 5450. The minimum absolute atomic E-state index is 0.862. The maximum Gasteiger partial charge on any atom is 0.137 e. The highest BCUT2D eigenvalue weighted by Crippen LogP contribution is 2.52. The van der Waals surface area contributed by atoms with E-state index in [1.165, 1.54) is 76.3 Å². The number of hydrogen-bond donors (Lipinski definition) is 0. The number of aromatic nitrogens is 2. The Labute approximate surface area is 445 Å². The molecule has 78 heavy (non-hydrogen) atoms. The van der Waals surface area contributed by atoms with Crippen LogP contribution in [0.3, 0.4) is 0 Å². The smallest absolute Gasteiger partial charge is 0.137 e. The van der Waals surface area contributed by atoms with Crippen molar-refractivity contribution < 1.29 is 8.83 Å². The zero-order valence-electron chi connectivity index (χ0n) is 41.9. The Kier molecular flexibility index (Phi) is 8.30. The van der Waals surface area contributed by atoms with E-state index >= 15 is 0 Å². The maximum atomic E-state index is 6.50. The van der Waals surface area contributed by atoms with Crippen LogP contribution in [-0.2, 0) is 0 Å². The van der Waals surface area contributed by atoms with Crippen molar-refractivity contribution in [2.75, 3.05) is 9.80 Å². The number of hydrogen-bond acceptors (Lipinski definition) is 4. The largest absolute Gasteiger partial charge is 0.456 e. The fraction of sp³-hybridized carbons (Fsp3) is 0. The molecule has 0 saturated heterocycles. The third-order valence-corrected chi connectivity index (χ3v) is 16.7. The molecular formula is C72H42N4O2. The van der Waals surface area contributed by atoms with Crippen molar-refractivity contribution >= 4 is 154 Å². The molecule has 0 radical (unpaired) electrons. The summed E-state index contributed by atoms with van der Waals surface area (Å²) in [7, 11) is 0. The Balaban J connectivity index is 0.939. The first-order chi connectivity index (χ1) is 38.7. The van der Waals surface area contributed by atoms with E-state index in [0.717, 1.165) is 89.0 Å². The van der Waals surface area contributed by atoms with Gasteiger partial charge >= 0.3 is 0 Å². The van der Waals surface area contributed by atoms with Crippen LogP contribution < -0.4 is 9.80 Å². The van der Waals surface area contributed by atoms with Gasteiger partial charge in [-0.05, 0) is 96.6 Å². The molecule has 6 nitrogen and oxygen atoms in total. The first kappa shape index (κ1) is 41.8. The summed E-state index contributed by atoms with van der Waals surface area (Å²) in [6, 6.07) is 92.4. The molecule has 6 heterocycles. The van der Waals surface area contributed by atoms with Gasteiger partial charge in [-0.15, -0.1) is 0 Å². The standard InChI is InChI=1S/C72H42N4O2/c1-4-18-43(19-5-1)66-69-55-29-15-27-51-48-38-36-46(73(44-20-6-2-7-21-44)57-30-16-34-64-67(57)53-24-10-12-32-62(53)77-64)40-59(48)75(71(51)55)61(69)42-56-52-28-14-26-50-49-39-37-47(41-60(49)76(70(50)52)72(56)66)74(45-22-8-3-9-23-45)58-31-17-35-65-68(58)54-25-11-13-33-63(54)78-65/h1-42H. The number of nitrogens with zero attached hydrogens (tertiary/aromatic N) is 4. The molecule has 12 aromatic carbocycles. The molecule has 0 spiro atoms. The lowest BCUT2D eigenvalue weighted by molar-refractivity contribution is 0.668. The summed E-state index contributed by atoms with van der Waals surface area (Å²) < 4.78 is 18.1. The summed E-state index contributed by atoms with van der Waals surface area (Å²) in [4.78, 5) is 4.80. The fourth-order valence-electron chi connectivity index (χ4n) is 13.6. The van der Waals surface area contributed by atoms with Gasteiger partial charge < -0.3 is 27.4 Å². The molecule has 0 fully saturated rings. The lowest BCUT2D eigenvalue weighted by Gasteiger charge is -2.26. The third-order valence-electron chi connectivity index (χ3n) is 16.7. The van der Waals surface area contributed by atoms with E-state index in [1.807, 2.05) is 12.1 Å². The number of fused-ring (bicyclic) bond motifs is 18. The topological polar surface area (TPSA) is 41.6 Å². The lowest BCUT2D eigenvalue weighted by atomic mass is 9.95. The molecule has 0 aliphatic carbocycles. The molecular weight excluding hydrogens is 953 g/mol. The van der Waals surface area contributed by atoms with E-state index in [2.05, 4.69) is 261 Å². The van der Waals surface area contributed by atoms with Crippen LogP contribution in [0.25, 0.3) is 131 Å². The molecule has 0 unspecified atom stereocenters. The molecule has 0 saturated carbocycles. The second-order valence-electron chi connectivity index (χ2n) is 20.7. The summed E-state index contributed by atoms with van der Waals surface area (Å²) in [5.41, 5.74) is 19.4. The average Bonchev–Trinajstić information content (AvgIpc) is 4.09. The number of rotatable bonds is 7. The molecule has 0 atom stereocenters. The molecule has 18 rings (SSSR count). The van der Waals surface area contributed by atoms with Crippen molar-refractivity contribution in [2.24, 2.45) is 0 Å². The number of furan rings is 2. The maximum absolute atomic E-state index is 6.50. The van der Waals surface area contributed by atoms with E-state index < -0.39 is 0 Å². The van der Waals surface area contributed by atoms with Crippen LogP contribution in [0, 0.1) is 0 Å². The van der Waals surface area contributed by atoms with Crippen LogP contribution in [0.15, 0.2) is 264 Å². The van der Waals surface area contributed by atoms with Crippen molar-refractivity contribution in [3.8, 4) is 11.1 Å². The average molecular weight is 995 g/mol. The molecule has 18 aromatic rings. The van der Waals surface area contributed by atoms with Crippen molar-refractivity contribution in [1.29, 1.82) is 0 Å². The Morgan fingerprint density at radius 1 is 0.256 bits per heavy atom. The first-order valence-electron chi connectivity index (χ1n) is 26.7. The van der Waals surface area contributed by atoms with Crippen LogP contribution in [0.2, 0.25) is 0 Å². The van der Waals surface area contributed by atoms with Gasteiger partial charge in [-0.25, -0.2) is 0 Å². The zero-order chi connectivity index (χ0) is 50.7. The van der Waals surface area contributed by atoms with Crippen LogP contribution in [0.1, 0.15) is 0 Å². The third kappa shape index (κ3) is 5.54. The number of anilines is 6. The van der Waals surface area contributed by atoms with Gasteiger partial charge in [-0.2, -0.15) is 0 Å². The molecule has 0 N–H and O–H groups in total. The van der Waals surface area contributed by atoms with Gasteiger partial charge in [0.15, 0.2) is 0 Å². The molecule has 0 aliphatic rings. The Morgan fingerprint density at radius 2 is 0.692 bits per heavy atom. The van der Waals surface area contributed by atoms with Crippen molar-refractivity contribution in [2.45, 2.75) is 0 Å². The first-order valence-corrected chi connectivity index (χ1v) is 26.7. The summed E-state index contributed by atoms with van der Waals surface area (Å²) in [6.45, 7) is 0. The number of benzene rings is 12. The molecule has 6 heteroatoms. The van der Waals surface area contributed by atoms with Crippen LogP contribution in [0.5, 0.6) is 0 Å². The van der Waals surface area contributed by atoms with Crippen molar-refractivity contribution in [3.05, 3.63) is 255 Å². The minimum Gasteiger partial charge on any atom is -0.456 e. The Hall–Kier alpha value is -10.6. The van der Waals surface area contributed by atoms with Gasteiger partial charge in [0.25, 0.3) is 0 Å². The van der Waals surface area contributed by atoms with Gasteiger partial charge in [0, 0.05) is 82.2 Å². The van der Waals surface area contributed by atoms with Gasteiger partial charge in [0.1, 0.15) is 22.3 Å². The van der Waals surface area contributed by atoms with Crippen LogP contribution in [0.4, 0.5) is 34.1 Å². The van der Waals surface area contributed by atoms with Gasteiger partial charge in [0.05, 0.1) is 55.2 Å². The highest BCUT2D eigenvalue weighted by Gasteiger charge is 2.29. The van der Waals surface area contributed by atoms with Crippen LogP contribution >= 0.6 is 0 Å². The summed E-state index contributed by atoms with van der Waals surface area (Å²) in [6.07, 6.45) is 0. The highest BCUT2D eigenvalue weighted by molar-refractivity contribution is 6.34. The monoisotopic (exact) mass is 994 g/mol. The fourth-order valence-corrected chi connectivity index (χ4v) is 13.6. The van der Waals surface area contributed by atoms with Gasteiger partial charge in [-0.1, -0.05) is 164 Å². The van der Waals surface area contributed by atoms with Crippen LogP contribution in [-0.4, -0.2) is 8.80 Å². The molecule has 362 valence electrons. The van der Waals surface area contributed by atoms with E-state index in [1.54, 1.807) is 0 Å². The summed E-state index contributed by atoms with van der Waals surface area (Å²) in [5, 5.41) is 14.2. The van der Waals surface area contributed by atoms with E-state index in [0.29, 0.717) is 0 Å². The zero-order valence-corrected chi connectivity index (χ0v) is 41.9. The predicted molar refractivity (Wildman–Crippen MR) is 325 cm³/mol. The van der Waals surface area contributed by atoms with E-state index in [-0.39, 0.29) is 0 Å². The summed E-state index contributed by atoms with van der Waals surface area (Å²) in [5.74, 6) is 0.